The molecule has 0 aliphatic heterocycles. The summed E-state index contributed by atoms with van der Waals surface area (Å²) in [4.78, 5) is 0. The van der Waals surface area contributed by atoms with Crippen LogP contribution in [0.25, 0.3) is 0 Å². The minimum atomic E-state index is 0.0324. The minimum Gasteiger partial charge on any atom is -0.393 e. The first-order chi connectivity index (χ1) is 5.68. The molecule has 2 aliphatic rings. The maximum atomic E-state index is 9.73. The number of hydrogen-bond donors (Lipinski definition) is 1. The number of fused-ring (bicyclic) bond motifs is 1. The van der Waals surface area contributed by atoms with E-state index in [0.29, 0.717) is 5.92 Å². The van der Waals surface area contributed by atoms with Gasteiger partial charge in [0.1, 0.15) is 0 Å². The van der Waals surface area contributed by atoms with Crippen LogP contribution in [0.3, 0.4) is 0 Å². The molecule has 2 saturated carbocycles. The van der Waals surface area contributed by atoms with E-state index in [-0.39, 0.29) is 6.10 Å². The zero-order valence-electron chi connectivity index (χ0n) is 8.16. The standard InChI is InChI=1S/C11H20O/c1-7-5-9-3-4-11(12)10(9)6-8(7)2/h7-12H,3-6H2,1-2H3. The molecule has 0 aromatic rings. The fourth-order valence-corrected chi connectivity index (χ4v) is 3.14. The second-order valence-corrected chi connectivity index (χ2v) is 4.99. The van der Waals surface area contributed by atoms with Crippen LogP contribution in [0.2, 0.25) is 0 Å². The molecule has 1 heteroatoms. The third kappa shape index (κ3) is 1.28. The van der Waals surface area contributed by atoms with Gasteiger partial charge >= 0.3 is 0 Å². The van der Waals surface area contributed by atoms with Crippen LogP contribution in [0.5, 0.6) is 0 Å². The summed E-state index contributed by atoms with van der Waals surface area (Å²) in [5.74, 6) is 3.22. The second-order valence-electron chi connectivity index (χ2n) is 4.99. The average molecular weight is 168 g/mol. The van der Waals surface area contributed by atoms with Gasteiger partial charge in [0, 0.05) is 0 Å². The largest absolute Gasteiger partial charge is 0.393 e. The van der Waals surface area contributed by atoms with Crippen molar-refractivity contribution in [1.82, 2.24) is 0 Å². The van der Waals surface area contributed by atoms with Gasteiger partial charge in [-0.15, -0.1) is 0 Å². The Balaban J connectivity index is 2.04. The molecule has 2 aliphatic carbocycles. The molecule has 12 heavy (non-hydrogen) atoms. The molecule has 2 rings (SSSR count). The van der Waals surface area contributed by atoms with Gasteiger partial charge in [0.2, 0.25) is 0 Å². The highest BCUT2D eigenvalue weighted by molar-refractivity contribution is 4.91. The van der Waals surface area contributed by atoms with Crippen LogP contribution in [0.4, 0.5) is 0 Å². The van der Waals surface area contributed by atoms with Gasteiger partial charge in [-0.1, -0.05) is 13.8 Å². The van der Waals surface area contributed by atoms with E-state index < -0.39 is 0 Å². The van der Waals surface area contributed by atoms with E-state index in [2.05, 4.69) is 13.8 Å². The normalized spacial score (nSPS) is 53.8. The molecule has 0 saturated heterocycles. The van der Waals surface area contributed by atoms with Crippen molar-refractivity contribution >= 4 is 0 Å². The molecule has 0 amide bonds. The van der Waals surface area contributed by atoms with Gasteiger partial charge in [0.05, 0.1) is 6.10 Å². The van der Waals surface area contributed by atoms with Crippen molar-refractivity contribution in [3.05, 3.63) is 0 Å². The highest BCUT2D eigenvalue weighted by Crippen LogP contribution is 2.46. The molecule has 2 fully saturated rings. The fourth-order valence-electron chi connectivity index (χ4n) is 3.14. The van der Waals surface area contributed by atoms with Crippen LogP contribution >= 0.6 is 0 Å². The van der Waals surface area contributed by atoms with E-state index in [1.807, 2.05) is 0 Å². The first-order valence-electron chi connectivity index (χ1n) is 5.36. The summed E-state index contributed by atoms with van der Waals surface area (Å²) in [6.07, 6.45) is 5.01. The van der Waals surface area contributed by atoms with E-state index >= 15 is 0 Å². The predicted molar refractivity (Wildman–Crippen MR) is 49.8 cm³/mol. The van der Waals surface area contributed by atoms with Gasteiger partial charge < -0.3 is 5.11 Å². The van der Waals surface area contributed by atoms with Gasteiger partial charge in [-0.25, -0.2) is 0 Å². The van der Waals surface area contributed by atoms with Crippen molar-refractivity contribution in [2.75, 3.05) is 0 Å². The van der Waals surface area contributed by atoms with Gasteiger partial charge in [0.15, 0.2) is 0 Å². The molecule has 1 N–H and O–H groups in total. The Morgan fingerprint density at radius 2 is 1.67 bits per heavy atom. The third-order valence-corrected chi connectivity index (χ3v) is 4.22. The zero-order chi connectivity index (χ0) is 8.72. The quantitative estimate of drug-likeness (QED) is 0.589. The number of hydrogen-bond acceptors (Lipinski definition) is 1. The van der Waals surface area contributed by atoms with Gasteiger partial charge in [0.25, 0.3) is 0 Å². The van der Waals surface area contributed by atoms with Crippen LogP contribution in [-0.2, 0) is 0 Å². The SMILES string of the molecule is CC1CC2CCC(O)C2CC1C. The molecule has 5 atom stereocenters. The van der Waals surface area contributed by atoms with Gasteiger partial charge in [-0.3, -0.25) is 0 Å². The van der Waals surface area contributed by atoms with Crippen LogP contribution in [0.15, 0.2) is 0 Å². The Hall–Kier alpha value is -0.0400. The van der Waals surface area contributed by atoms with Crippen molar-refractivity contribution in [2.24, 2.45) is 23.7 Å². The van der Waals surface area contributed by atoms with E-state index in [9.17, 15) is 5.11 Å². The summed E-state index contributed by atoms with van der Waals surface area (Å²) >= 11 is 0. The average Bonchev–Trinajstić information content (AvgIpc) is 2.35. The van der Waals surface area contributed by atoms with E-state index in [1.54, 1.807) is 0 Å². The second kappa shape index (κ2) is 3.02. The maximum Gasteiger partial charge on any atom is 0.0571 e. The molecule has 70 valence electrons. The Morgan fingerprint density at radius 1 is 1.00 bits per heavy atom. The lowest BCUT2D eigenvalue weighted by Gasteiger charge is -2.36. The molecular formula is C11H20O. The molecule has 0 aromatic carbocycles. The number of aliphatic hydroxyl groups is 1. The number of rotatable bonds is 0. The zero-order valence-corrected chi connectivity index (χ0v) is 8.16. The highest BCUT2D eigenvalue weighted by Gasteiger charge is 2.40. The third-order valence-electron chi connectivity index (χ3n) is 4.22. The highest BCUT2D eigenvalue weighted by atomic mass is 16.3. The molecule has 0 heterocycles. The Bertz CT molecular complexity index is 166. The molecule has 1 nitrogen and oxygen atoms in total. The fraction of sp³-hybridized carbons (Fsp3) is 1.00. The minimum absolute atomic E-state index is 0.0324. The Kier molecular flexibility index (Phi) is 2.16. The van der Waals surface area contributed by atoms with E-state index in [1.165, 1.54) is 19.3 Å². The van der Waals surface area contributed by atoms with Crippen molar-refractivity contribution < 1.29 is 5.11 Å². The monoisotopic (exact) mass is 168 g/mol. The molecule has 0 bridgehead atoms. The summed E-state index contributed by atoms with van der Waals surface area (Å²) in [6, 6.07) is 0. The smallest absolute Gasteiger partial charge is 0.0571 e. The van der Waals surface area contributed by atoms with Crippen molar-refractivity contribution in [3.63, 3.8) is 0 Å². The first-order valence-corrected chi connectivity index (χ1v) is 5.36. The molecule has 5 unspecified atom stereocenters. The lowest BCUT2D eigenvalue weighted by molar-refractivity contribution is 0.0606. The maximum absolute atomic E-state index is 9.73. The van der Waals surface area contributed by atoms with Crippen LogP contribution in [-0.4, -0.2) is 11.2 Å². The summed E-state index contributed by atoms with van der Waals surface area (Å²) < 4.78 is 0. The summed E-state index contributed by atoms with van der Waals surface area (Å²) in [5, 5.41) is 9.73. The summed E-state index contributed by atoms with van der Waals surface area (Å²) in [5.41, 5.74) is 0. The van der Waals surface area contributed by atoms with Crippen molar-refractivity contribution in [3.8, 4) is 0 Å². The van der Waals surface area contributed by atoms with Crippen molar-refractivity contribution in [2.45, 2.75) is 45.6 Å². The van der Waals surface area contributed by atoms with Crippen LogP contribution in [0, 0.1) is 23.7 Å². The van der Waals surface area contributed by atoms with Gasteiger partial charge in [-0.2, -0.15) is 0 Å². The van der Waals surface area contributed by atoms with Crippen LogP contribution < -0.4 is 0 Å². The van der Waals surface area contributed by atoms with Crippen LogP contribution in [0.1, 0.15) is 39.5 Å². The molecule has 0 radical (unpaired) electrons. The van der Waals surface area contributed by atoms with Crippen molar-refractivity contribution in [1.29, 1.82) is 0 Å². The summed E-state index contributed by atoms with van der Waals surface area (Å²) in [7, 11) is 0. The van der Waals surface area contributed by atoms with E-state index in [0.717, 1.165) is 24.2 Å². The van der Waals surface area contributed by atoms with Gasteiger partial charge in [-0.05, 0) is 49.4 Å². The topological polar surface area (TPSA) is 20.2 Å². The Morgan fingerprint density at radius 3 is 2.42 bits per heavy atom. The summed E-state index contributed by atoms with van der Waals surface area (Å²) in [6.45, 7) is 4.71. The molecule has 0 aromatic heterocycles. The number of aliphatic hydroxyl groups excluding tert-OH is 1. The Labute approximate surface area is 75.2 Å². The van der Waals surface area contributed by atoms with E-state index in [4.69, 9.17) is 0 Å². The predicted octanol–water partition coefficient (Wildman–Crippen LogP) is 2.44. The molecular weight excluding hydrogens is 148 g/mol. The first kappa shape index (κ1) is 8.55. The lowest BCUT2D eigenvalue weighted by atomic mass is 9.70. The molecule has 0 spiro atoms. The lowest BCUT2D eigenvalue weighted by Crippen LogP contribution is -2.30.